The number of benzene rings is 3. The molecule has 87 heavy (non-hydrogen) atoms. The molecule has 0 aliphatic carbocycles. The standard InChI is InChI=1S/C72H104O15/c1-4-79-69(75)52-43-60-37-46-63(47-38-60)82-55-31-25-19-13-7-10-16-22-28-34-67(73)85-58-66(87-72(78)36-30-24-18-12-9-15-21-27-33-57-84-65-50-41-62(42-51-65)45-54-71(77)81-6-3)59-86-68(74)35-29-23-17-11-8-14-20-26-32-56-83-64-48-39-61(40-49-64)44-53-70(76)80-5-2/h37-54,66H,4-36,55-59H2,1-3H3/b52-43+,53-44+,54-45+. The Hall–Kier alpha value is -6.90. The lowest BCUT2D eigenvalue weighted by atomic mass is 10.1. The van der Waals surface area contributed by atoms with Gasteiger partial charge in [-0.3, -0.25) is 14.4 Å². The van der Waals surface area contributed by atoms with Crippen molar-refractivity contribution in [2.45, 2.75) is 219 Å². The molecule has 0 saturated heterocycles. The fraction of sp³-hybridized carbons (Fsp3) is 0.583. The molecule has 0 unspecified atom stereocenters. The van der Waals surface area contributed by atoms with Crippen LogP contribution in [0.4, 0.5) is 0 Å². The third-order valence-electron chi connectivity index (χ3n) is 14.3. The molecule has 482 valence electrons. The maximum absolute atomic E-state index is 13.0. The number of rotatable bonds is 53. The fourth-order valence-corrected chi connectivity index (χ4v) is 9.36. The highest BCUT2D eigenvalue weighted by Gasteiger charge is 2.20. The Balaban J connectivity index is 1.25. The van der Waals surface area contributed by atoms with E-state index in [0.717, 1.165) is 201 Å². The summed E-state index contributed by atoms with van der Waals surface area (Å²) >= 11 is 0. The van der Waals surface area contributed by atoms with E-state index in [1.165, 1.54) is 18.2 Å². The summed E-state index contributed by atoms with van der Waals surface area (Å²) in [7, 11) is 0. The van der Waals surface area contributed by atoms with E-state index >= 15 is 0 Å². The van der Waals surface area contributed by atoms with Crippen molar-refractivity contribution in [2.75, 3.05) is 52.9 Å². The normalized spacial score (nSPS) is 11.3. The Morgan fingerprint density at radius 1 is 0.310 bits per heavy atom. The van der Waals surface area contributed by atoms with Gasteiger partial charge in [-0.05, 0) is 131 Å². The first kappa shape index (κ1) is 74.4. The molecule has 0 spiro atoms. The molecule has 3 rings (SSSR count). The first-order chi connectivity index (χ1) is 42.6. The number of hydrogen-bond donors (Lipinski definition) is 0. The average Bonchev–Trinajstić information content (AvgIpc) is 3.64. The Labute approximate surface area is 520 Å². The number of carbonyl (C=O) groups is 6. The van der Waals surface area contributed by atoms with Gasteiger partial charge in [0.2, 0.25) is 0 Å². The largest absolute Gasteiger partial charge is 0.494 e. The summed E-state index contributed by atoms with van der Waals surface area (Å²) in [6, 6.07) is 22.9. The van der Waals surface area contributed by atoms with Crippen molar-refractivity contribution in [1.29, 1.82) is 0 Å². The van der Waals surface area contributed by atoms with Crippen LogP contribution in [0.25, 0.3) is 18.2 Å². The minimum Gasteiger partial charge on any atom is -0.494 e. The Kier molecular flexibility index (Phi) is 43.7. The van der Waals surface area contributed by atoms with Crippen molar-refractivity contribution in [3.05, 3.63) is 108 Å². The number of ether oxygens (including phenoxy) is 9. The molecule has 0 fully saturated rings. The quantitative estimate of drug-likeness (QED) is 0.0225. The van der Waals surface area contributed by atoms with E-state index in [9.17, 15) is 28.8 Å². The van der Waals surface area contributed by atoms with Gasteiger partial charge in [0.1, 0.15) is 30.5 Å². The van der Waals surface area contributed by atoms with Crippen LogP contribution in [-0.4, -0.2) is 94.8 Å². The van der Waals surface area contributed by atoms with E-state index in [-0.39, 0.29) is 68.3 Å². The minimum absolute atomic E-state index is 0.151. The Morgan fingerprint density at radius 2 is 0.552 bits per heavy atom. The zero-order chi connectivity index (χ0) is 62.5. The number of esters is 6. The highest BCUT2D eigenvalue weighted by molar-refractivity contribution is 5.88. The van der Waals surface area contributed by atoms with Gasteiger partial charge in [-0.1, -0.05) is 171 Å². The predicted octanol–water partition coefficient (Wildman–Crippen LogP) is 16.7. The molecule has 0 atom stereocenters. The first-order valence-electron chi connectivity index (χ1n) is 32.8. The van der Waals surface area contributed by atoms with E-state index in [1.54, 1.807) is 39.0 Å². The molecule has 3 aromatic rings. The molecule has 0 heterocycles. The summed E-state index contributed by atoms with van der Waals surface area (Å²) in [6.45, 7) is 8.07. The van der Waals surface area contributed by atoms with E-state index in [1.807, 2.05) is 72.8 Å². The molecule has 0 aliphatic rings. The summed E-state index contributed by atoms with van der Waals surface area (Å²) in [5.41, 5.74) is 2.72. The zero-order valence-corrected chi connectivity index (χ0v) is 53.0. The summed E-state index contributed by atoms with van der Waals surface area (Å²) in [4.78, 5) is 73.2. The number of carbonyl (C=O) groups excluding carboxylic acids is 6. The molecule has 0 aliphatic heterocycles. The molecule has 15 heteroatoms. The number of unbranched alkanes of at least 4 members (excludes halogenated alkanes) is 24. The summed E-state index contributed by atoms with van der Waals surface area (Å²) in [5, 5.41) is 0. The van der Waals surface area contributed by atoms with E-state index in [2.05, 4.69) is 0 Å². The molecular formula is C72H104O15. The van der Waals surface area contributed by atoms with Crippen LogP contribution in [0, 0.1) is 0 Å². The average molecular weight is 1210 g/mol. The smallest absolute Gasteiger partial charge is 0.330 e. The van der Waals surface area contributed by atoms with Crippen molar-refractivity contribution in [3.8, 4) is 17.2 Å². The predicted molar refractivity (Wildman–Crippen MR) is 343 cm³/mol. The van der Waals surface area contributed by atoms with E-state index in [4.69, 9.17) is 42.6 Å². The minimum atomic E-state index is -0.861. The van der Waals surface area contributed by atoms with Crippen LogP contribution >= 0.6 is 0 Å². The second kappa shape index (κ2) is 51.2. The third kappa shape index (κ3) is 41.8. The van der Waals surface area contributed by atoms with E-state index in [0.29, 0.717) is 46.1 Å². The van der Waals surface area contributed by atoms with Gasteiger partial charge in [0.15, 0.2) is 6.10 Å². The maximum Gasteiger partial charge on any atom is 0.330 e. The zero-order valence-electron chi connectivity index (χ0n) is 53.0. The number of hydrogen-bond acceptors (Lipinski definition) is 15. The van der Waals surface area contributed by atoms with Crippen LogP contribution in [-0.2, 0) is 57.2 Å². The Bertz CT molecular complexity index is 2260. The van der Waals surface area contributed by atoms with Gasteiger partial charge >= 0.3 is 35.8 Å². The summed E-state index contributed by atoms with van der Waals surface area (Å²) in [5.74, 6) is 0.284. The first-order valence-corrected chi connectivity index (χ1v) is 32.8. The van der Waals surface area contributed by atoms with Crippen molar-refractivity contribution in [2.24, 2.45) is 0 Å². The Morgan fingerprint density at radius 3 is 0.816 bits per heavy atom. The van der Waals surface area contributed by atoms with Gasteiger partial charge < -0.3 is 42.6 Å². The lowest BCUT2D eigenvalue weighted by Gasteiger charge is -2.18. The van der Waals surface area contributed by atoms with Crippen LogP contribution in [0.1, 0.15) is 230 Å². The molecule has 0 radical (unpaired) electrons. The van der Waals surface area contributed by atoms with Crippen LogP contribution in [0.3, 0.4) is 0 Å². The van der Waals surface area contributed by atoms with Crippen molar-refractivity contribution in [3.63, 3.8) is 0 Å². The summed E-state index contributed by atoms with van der Waals surface area (Å²) < 4.78 is 49.3. The van der Waals surface area contributed by atoms with Crippen molar-refractivity contribution < 1.29 is 71.4 Å². The second-order valence-electron chi connectivity index (χ2n) is 21.8. The monoisotopic (exact) mass is 1210 g/mol. The second-order valence-corrected chi connectivity index (χ2v) is 21.8. The van der Waals surface area contributed by atoms with Gasteiger partial charge in [-0.2, -0.15) is 0 Å². The maximum atomic E-state index is 13.0. The van der Waals surface area contributed by atoms with Crippen LogP contribution in [0.2, 0.25) is 0 Å². The summed E-state index contributed by atoms with van der Waals surface area (Å²) in [6.07, 6.45) is 37.4. The fourth-order valence-electron chi connectivity index (χ4n) is 9.36. The van der Waals surface area contributed by atoms with Gasteiger partial charge in [-0.15, -0.1) is 0 Å². The molecule has 0 bridgehead atoms. The van der Waals surface area contributed by atoms with Crippen LogP contribution in [0.5, 0.6) is 17.2 Å². The van der Waals surface area contributed by atoms with Gasteiger partial charge in [0.25, 0.3) is 0 Å². The topological polar surface area (TPSA) is 185 Å². The highest BCUT2D eigenvalue weighted by Crippen LogP contribution is 2.20. The van der Waals surface area contributed by atoms with Gasteiger partial charge in [0, 0.05) is 37.5 Å². The van der Waals surface area contributed by atoms with Crippen molar-refractivity contribution in [1.82, 2.24) is 0 Å². The van der Waals surface area contributed by atoms with Gasteiger partial charge in [0.05, 0.1) is 39.6 Å². The van der Waals surface area contributed by atoms with Gasteiger partial charge in [-0.25, -0.2) is 14.4 Å². The highest BCUT2D eigenvalue weighted by atomic mass is 16.6. The molecule has 3 aromatic carbocycles. The van der Waals surface area contributed by atoms with E-state index < -0.39 is 6.10 Å². The van der Waals surface area contributed by atoms with Crippen LogP contribution in [0.15, 0.2) is 91.0 Å². The third-order valence-corrected chi connectivity index (χ3v) is 14.3. The lowest BCUT2D eigenvalue weighted by Crippen LogP contribution is -2.30. The molecule has 0 aromatic heterocycles. The molecule has 0 amide bonds. The molecule has 0 N–H and O–H groups in total. The molecular weight excluding hydrogens is 1100 g/mol. The van der Waals surface area contributed by atoms with Crippen molar-refractivity contribution >= 4 is 54.0 Å². The van der Waals surface area contributed by atoms with Crippen LogP contribution < -0.4 is 14.2 Å². The SMILES string of the molecule is CCOC(=O)/C=C/c1ccc(OCCCCCCCCCCCC(=O)OCC(COC(=O)CCCCCCCCCCCOc2ccc(/C=C/C(=O)OCC)cc2)OC(=O)CCCCCCCCCCCOc2ccc(/C=C/C(=O)OCC)cc2)cc1. The molecule has 15 nitrogen and oxygen atoms in total. The molecule has 0 saturated carbocycles. The lowest BCUT2D eigenvalue weighted by molar-refractivity contribution is -0.167.